The maximum Gasteiger partial charge on any atom is 0.276 e. The molecule has 0 unspecified atom stereocenters. The zero-order chi connectivity index (χ0) is 17.8. The second kappa shape index (κ2) is 7.32. The number of morpholine rings is 1. The van der Waals surface area contributed by atoms with E-state index in [0.717, 1.165) is 32.0 Å². The zero-order valence-electron chi connectivity index (χ0n) is 14.1. The molecule has 2 aromatic heterocycles. The van der Waals surface area contributed by atoms with Crippen molar-refractivity contribution in [2.75, 3.05) is 36.5 Å². The van der Waals surface area contributed by atoms with E-state index in [1.54, 1.807) is 35.4 Å². The maximum atomic E-state index is 12.3. The molecular weight excluding hydrogens is 332 g/mol. The molecule has 1 saturated heterocycles. The van der Waals surface area contributed by atoms with Gasteiger partial charge in [0.05, 0.1) is 13.2 Å². The lowest BCUT2D eigenvalue weighted by Gasteiger charge is -2.28. The number of hydrogen-bond acceptors (Lipinski definition) is 6. The maximum absolute atomic E-state index is 12.3. The van der Waals surface area contributed by atoms with Crippen LogP contribution in [-0.4, -0.2) is 52.0 Å². The summed E-state index contributed by atoms with van der Waals surface area (Å²) in [6, 6.07) is 11.1. The van der Waals surface area contributed by atoms with Gasteiger partial charge in [-0.25, -0.2) is 4.98 Å². The van der Waals surface area contributed by atoms with Gasteiger partial charge in [-0.3, -0.25) is 9.36 Å². The standard InChI is InChI=1S/C18H18N6O2/c25-18(16-5-6-17(22-21-16)24-8-7-19-13-24)20-14-1-3-15(4-2-14)23-9-11-26-12-10-23/h1-8,13H,9-12H2,(H,20,25). The van der Waals surface area contributed by atoms with Gasteiger partial charge >= 0.3 is 0 Å². The summed E-state index contributed by atoms with van der Waals surface area (Å²) in [5.74, 6) is 0.308. The van der Waals surface area contributed by atoms with Crippen LogP contribution in [-0.2, 0) is 4.74 Å². The van der Waals surface area contributed by atoms with Crippen molar-refractivity contribution in [3.8, 4) is 5.82 Å². The van der Waals surface area contributed by atoms with Crippen LogP contribution >= 0.6 is 0 Å². The van der Waals surface area contributed by atoms with Crippen molar-refractivity contribution < 1.29 is 9.53 Å². The summed E-state index contributed by atoms with van der Waals surface area (Å²) in [7, 11) is 0. The van der Waals surface area contributed by atoms with Gasteiger partial charge in [-0.2, -0.15) is 0 Å². The van der Waals surface area contributed by atoms with Gasteiger partial charge in [0.15, 0.2) is 11.5 Å². The molecule has 0 bridgehead atoms. The molecule has 1 N–H and O–H groups in total. The molecule has 0 radical (unpaired) electrons. The fraction of sp³-hybridized carbons (Fsp3) is 0.222. The molecule has 0 atom stereocenters. The van der Waals surface area contributed by atoms with Crippen LogP contribution in [0.1, 0.15) is 10.5 Å². The average Bonchev–Trinajstić information content (AvgIpc) is 3.24. The molecule has 1 aromatic carbocycles. The lowest BCUT2D eigenvalue weighted by atomic mass is 10.2. The first-order valence-electron chi connectivity index (χ1n) is 8.36. The predicted molar refractivity (Wildman–Crippen MR) is 96.6 cm³/mol. The van der Waals surface area contributed by atoms with E-state index in [9.17, 15) is 4.79 Å². The molecule has 3 aromatic rings. The number of nitrogens with zero attached hydrogens (tertiary/aromatic N) is 5. The lowest BCUT2D eigenvalue weighted by molar-refractivity contribution is 0.102. The van der Waals surface area contributed by atoms with Crippen LogP contribution in [0.3, 0.4) is 0 Å². The van der Waals surface area contributed by atoms with Crippen LogP contribution in [0.2, 0.25) is 0 Å². The number of ether oxygens (including phenoxy) is 1. The number of nitrogens with one attached hydrogen (secondary N) is 1. The molecule has 8 heteroatoms. The van der Waals surface area contributed by atoms with Crippen LogP contribution < -0.4 is 10.2 Å². The molecule has 1 aliphatic heterocycles. The van der Waals surface area contributed by atoms with Gasteiger partial charge in [-0.15, -0.1) is 10.2 Å². The molecule has 0 aliphatic carbocycles. The van der Waals surface area contributed by atoms with Crippen molar-refractivity contribution in [1.29, 1.82) is 0 Å². The summed E-state index contributed by atoms with van der Waals surface area (Å²) in [5, 5.41) is 10.9. The highest BCUT2D eigenvalue weighted by molar-refractivity contribution is 6.02. The van der Waals surface area contributed by atoms with Crippen molar-refractivity contribution in [1.82, 2.24) is 19.7 Å². The van der Waals surface area contributed by atoms with E-state index in [1.165, 1.54) is 0 Å². The minimum atomic E-state index is -0.297. The molecule has 0 spiro atoms. The fourth-order valence-electron chi connectivity index (χ4n) is 2.75. The third kappa shape index (κ3) is 3.55. The summed E-state index contributed by atoms with van der Waals surface area (Å²) < 4.78 is 7.08. The molecule has 8 nitrogen and oxygen atoms in total. The van der Waals surface area contributed by atoms with Crippen molar-refractivity contribution in [3.63, 3.8) is 0 Å². The van der Waals surface area contributed by atoms with Crippen molar-refractivity contribution in [2.45, 2.75) is 0 Å². The number of aromatic nitrogens is 4. The monoisotopic (exact) mass is 350 g/mol. The highest BCUT2D eigenvalue weighted by atomic mass is 16.5. The van der Waals surface area contributed by atoms with E-state index >= 15 is 0 Å². The number of amides is 1. The van der Waals surface area contributed by atoms with Crippen LogP contribution in [0.15, 0.2) is 55.1 Å². The highest BCUT2D eigenvalue weighted by Gasteiger charge is 2.12. The number of imidazole rings is 1. The molecule has 1 amide bonds. The van der Waals surface area contributed by atoms with Gasteiger partial charge in [-0.05, 0) is 36.4 Å². The Kier molecular flexibility index (Phi) is 4.57. The third-order valence-corrected chi connectivity index (χ3v) is 4.15. The van der Waals surface area contributed by atoms with Crippen LogP contribution in [0.25, 0.3) is 5.82 Å². The van der Waals surface area contributed by atoms with E-state index in [2.05, 4.69) is 25.4 Å². The van der Waals surface area contributed by atoms with Gasteiger partial charge in [0.2, 0.25) is 0 Å². The molecule has 4 rings (SSSR count). The third-order valence-electron chi connectivity index (χ3n) is 4.15. The van der Waals surface area contributed by atoms with Gasteiger partial charge in [0, 0.05) is 36.9 Å². The smallest absolute Gasteiger partial charge is 0.276 e. The first-order valence-corrected chi connectivity index (χ1v) is 8.36. The second-order valence-corrected chi connectivity index (χ2v) is 5.85. The molecular formula is C18H18N6O2. The molecule has 26 heavy (non-hydrogen) atoms. The van der Waals surface area contributed by atoms with Crippen molar-refractivity contribution in [2.24, 2.45) is 0 Å². The summed E-state index contributed by atoms with van der Waals surface area (Å²) in [6.45, 7) is 3.24. The molecule has 3 heterocycles. The van der Waals surface area contributed by atoms with E-state index in [1.807, 2.05) is 24.3 Å². The SMILES string of the molecule is O=C(Nc1ccc(N2CCOCC2)cc1)c1ccc(-n2ccnc2)nn1. The Morgan fingerprint density at radius 1 is 1.04 bits per heavy atom. The first-order chi connectivity index (χ1) is 12.8. The quantitative estimate of drug-likeness (QED) is 0.772. The minimum Gasteiger partial charge on any atom is -0.378 e. The zero-order valence-corrected chi connectivity index (χ0v) is 14.1. The Labute approximate surface area is 150 Å². The number of rotatable bonds is 4. The summed E-state index contributed by atoms with van der Waals surface area (Å²) in [4.78, 5) is 18.6. The Morgan fingerprint density at radius 2 is 1.85 bits per heavy atom. The lowest BCUT2D eigenvalue weighted by Crippen LogP contribution is -2.36. The normalized spacial score (nSPS) is 14.2. The van der Waals surface area contributed by atoms with Gasteiger partial charge in [0.25, 0.3) is 5.91 Å². The van der Waals surface area contributed by atoms with Gasteiger partial charge in [0.1, 0.15) is 6.33 Å². The molecule has 132 valence electrons. The van der Waals surface area contributed by atoms with Crippen molar-refractivity contribution >= 4 is 17.3 Å². The molecule has 1 aliphatic rings. The van der Waals surface area contributed by atoms with E-state index in [4.69, 9.17) is 4.74 Å². The highest BCUT2D eigenvalue weighted by Crippen LogP contribution is 2.19. The minimum absolute atomic E-state index is 0.256. The number of benzene rings is 1. The largest absolute Gasteiger partial charge is 0.378 e. The fourth-order valence-corrected chi connectivity index (χ4v) is 2.75. The van der Waals surface area contributed by atoms with Crippen LogP contribution in [0.4, 0.5) is 11.4 Å². The Bertz CT molecular complexity index is 856. The van der Waals surface area contributed by atoms with Crippen LogP contribution in [0.5, 0.6) is 0 Å². The summed E-state index contributed by atoms with van der Waals surface area (Å²) >= 11 is 0. The molecule has 0 saturated carbocycles. The second-order valence-electron chi connectivity index (χ2n) is 5.85. The van der Waals surface area contributed by atoms with Crippen LogP contribution in [0, 0.1) is 0 Å². The van der Waals surface area contributed by atoms with Crippen molar-refractivity contribution in [3.05, 3.63) is 60.8 Å². The summed E-state index contributed by atoms with van der Waals surface area (Å²) in [6.07, 6.45) is 5.04. The average molecular weight is 350 g/mol. The first kappa shape index (κ1) is 16.2. The Morgan fingerprint density at radius 3 is 2.50 bits per heavy atom. The van der Waals surface area contributed by atoms with E-state index in [-0.39, 0.29) is 11.6 Å². The topological polar surface area (TPSA) is 85.2 Å². The Balaban J connectivity index is 1.41. The Hall–Kier alpha value is -3.26. The number of hydrogen-bond donors (Lipinski definition) is 1. The van der Waals surface area contributed by atoms with Gasteiger partial charge < -0.3 is 15.0 Å². The van der Waals surface area contributed by atoms with E-state index in [0.29, 0.717) is 11.5 Å². The summed E-state index contributed by atoms with van der Waals surface area (Å²) in [5.41, 5.74) is 2.09. The van der Waals surface area contributed by atoms with Gasteiger partial charge in [-0.1, -0.05) is 0 Å². The predicted octanol–water partition coefficient (Wildman–Crippen LogP) is 1.75. The number of carbonyl (C=O) groups excluding carboxylic acids is 1. The number of anilines is 2. The van der Waals surface area contributed by atoms with E-state index < -0.39 is 0 Å². The molecule has 1 fully saturated rings. The number of carbonyl (C=O) groups is 1.